The molecule has 104 valence electrons. The molecule has 3 heteroatoms. The van der Waals surface area contributed by atoms with E-state index in [4.69, 9.17) is 0 Å². The van der Waals surface area contributed by atoms with Gasteiger partial charge in [0.2, 0.25) is 5.91 Å². The molecule has 0 aliphatic carbocycles. The SMILES string of the molecule is CC(C)CC1CCN(C(=O)CCC2CCNC2)C1. The molecule has 0 aromatic heterocycles. The van der Waals surface area contributed by atoms with Crippen molar-refractivity contribution in [3.8, 4) is 0 Å². The molecule has 2 aliphatic rings. The second kappa shape index (κ2) is 6.55. The van der Waals surface area contributed by atoms with Gasteiger partial charge in [0.05, 0.1) is 0 Å². The molecule has 1 N–H and O–H groups in total. The second-order valence-electron chi connectivity index (χ2n) is 6.52. The van der Waals surface area contributed by atoms with E-state index in [0.717, 1.165) is 56.8 Å². The summed E-state index contributed by atoms with van der Waals surface area (Å²) >= 11 is 0. The summed E-state index contributed by atoms with van der Waals surface area (Å²) in [4.78, 5) is 14.2. The lowest BCUT2D eigenvalue weighted by molar-refractivity contribution is -0.130. The van der Waals surface area contributed by atoms with E-state index in [0.29, 0.717) is 5.91 Å². The highest BCUT2D eigenvalue weighted by atomic mass is 16.2. The van der Waals surface area contributed by atoms with Crippen molar-refractivity contribution >= 4 is 5.91 Å². The molecule has 2 aliphatic heterocycles. The maximum atomic E-state index is 12.1. The van der Waals surface area contributed by atoms with Gasteiger partial charge in [0.15, 0.2) is 0 Å². The van der Waals surface area contributed by atoms with Crippen LogP contribution >= 0.6 is 0 Å². The average molecular weight is 252 g/mol. The van der Waals surface area contributed by atoms with Gasteiger partial charge in [-0.2, -0.15) is 0 Å². The first kappa shape index (κ1) is 13.9. The van der Waals surface area contributed by atoms with E-state index in [1.54, 1.807) is 0 Å². The van der Waals surface area contributed by atoms with Gasteiger partial charge >= 0.3 is 0 Å². The van der Waals surface area contributed by atoms with Crippen LogP contribution in [0.3, 0.4) is 0 Å². The van der Waals surface area contributed by atoms with E-state index in [1.165, 1.54) is 19.3 Å². The fraction of sp³-hybridized carbons (Fsp3) is 0.933. The summed E-state index contributed by atoms with van der Waals surface area (Å²) in [6, 6.07) is 0. The van der Waals surface area contributed by atoms with Crippen molar-refractivity contribution < 1.29 is 4.79 Å². The Labute approximate surface area is 111 Å². The minimum atomic E-state index is 0.396. The Morgan fingerprint density at radius 3 is 2.83 bits per heavy atom. The van der Waals surface area contributed by atoms with Crippen LogP contribution in [0.1, 0.15) is 46.0 Å². The van der Waals surface area contributed by atoms with E-state index >= 15 is 0 Å². The number of carbonyl (C=O) groups is 1. The number of hydrogen-bond donors (Lipinski definition) is 1. The first-order chi connectivity index (χ1) is 8.65. The monoisotopic (exact) mass is 252 g/mol. The summed E-state index contributed by atoms with van der Waals surface area (Å²) in [7, 11) is 0. The minimum Gasteiger partial charge on any atom is -0.342 e. The molecule has 2 rings (SSSR count). The third-order valence-electron chi connectivity index (χ3n) is 4.37. The van der Waals surface area contributed by atoms with E-state index in [2.05, 4.69) is 24.1 Å². The zero-order valence-electron chi connectivity index (χ0n) is 12.0. The Morgan fingerprint density at radius 2 is 2.17 bits per heavy atom. The van der Waals surface area contributed by atoms with Gasteiger partial charge in [-0.15, -0.1) is 0 Å². The lowest BCUT2D eigenvalue weighted by atomic mass is 9.97. The Bertz CT molecular complexity index is 272. The summed E-state index contributed by atoms with van der Waals surface area (Å²) < 4.78 is 0. The number of likely N-dealkylation sites (tertiary alicyclic amines) is 1. The van der Waals surface area contributed by atoms with Crippen molar-refractivity contribution in [1.29, 1.82) is 0 Å². The van der Waals surface area contributed by atoms with Gasteiger partial charge in [-0.25, -0.2) is 0 Å². The molecular weight excluding hydrogens is 224 g/mol. The van der Waals surface area contributed by atoms with Crippen LogP contribution in [-0.2, 0) is 4.79 Å². The molecule has 2 fully saturated rings. The molecule has 0 radical (unpaired) electrons. The van der Waals surface area contributed by atoms with Gasteiger partial charge in [-0.3, -0.25) is 4.79 Å². The zero-order chi connectivity index (χ0) is 13.0. The van der Waals surface area contributed by atoms with E-state index < -0.39 is 0 Å². The smallest absolute Gasteiger partial charge is 0.222 e. The van der Waals surface area contributed by atoms with Gasteiger partial charge in [-0.05, 0) is 56.5 Å². The van der Waals surface area contributed by atoms with Gasteiger partial charge in [0.25, 0.3) is 0 Å². The van der Waals surface area contributed by atoms with Gasteiger partial charge in [-0.1, -0.05) is 13.8 Å². The summed E-state index contributed by atoms with van der Waals surface area (Å²) in [5, 5.41) is 3.37. The zero-order valence-corrected chi connectivity index (χ0v) is 12.0. The largest absolute Gasteiger partial charge is 0.342 e. The molecule has 3 nitrogen and oxygen atoms in total. The van der Waals surface area contributed by atoms with Crippen LogP contribution in [0, 0.1) is 17.8 Å². The molecule has 0 bridgehead atoms. The predicted octanol–water partition coefficient (Wildman–Crippen LogP) is 2.27. The Kier molecular flexibility index (Phi) is 5.04. The maximum Gasteiger partial charge on any atom is 0.222 e. The maximum absolute atomic E-state index is 12.1. The summed E-state index contributed by atoms with van der Waals surface area (Å²) in [5.74, 6) is 2.65. The lowest BCUT2D eigenvalue weighted by Gasteiger charge is -2.18. The van der Waals surface area contributed by atoms with Crippen LogP contribution in [0.5, 0.6) is 0 Å². The number of hydrogen-bond acceptors (Lipinski definition) is 2. The van der Waals surface area contributed by atoms with Crippen molar-refractivity contribution in [3.63, 3.8) is 0 Å². The van der Waals surface area contributed by atoms with Crippen LogP contribution < -0.4 is 5.32 Å². The van der Waals surface area contributed by atoms with Gasteiger partial charge in [0, 0.05) is 19.5 Å². The minimum absolute atomic E-state index is 0.396. The third-order valence-corrected chi connectivity index (χ3v) is 4.37. The Hall–Kier alpha value is -0.570. The normalized spacial score (nSPS) is 28.3. The number of nitrogens with zero attached hydrogens (tertiary/aromatic N) is 1. The predicted molar refractivity (Wildman–Crippen MR) is 74.4 cm³/mol. The van der Waals surface area contributed by atoms with Crippen LogP contribution in [-0.4, -0.2) is 37.0 Å². The van der Waals surface area contributed by atoms with Crippen LogP contribution in [0.2, 0.25) is 0 Å². The first-order valence-electron chi connectivity index (χ1n) is 7.63. The second-order valence-corrected chi connectivity index (χ2v) is 6.52. The van der Waals surface area contributed by atoms with Gasteiger partial charge < -0.3 is 10.2 Å². The van der Waals surface area contributed by atoms with Crippen LogP contribution in [0.15, 0.2) is 0 Å². The van der Waals surface area contributed by atoms with Crippen molar-refractivity contribution in [3.05, 3.63) is 0 Å². The van der Waals surface area contributed by atoms with E-state index in [-0.39, 0.29) is 0 Å². The van der Waals surface area contributed by atoms with Crippen molar-refractivity contribution in [2.75, 3.05) is 26.2 Å². The average Bonchev–Trinajstić information content (AvgIpc) is 2.95. The number of carbonyl (C=O) groups excluding carboxylic acids is 1. The Morgan fingerprint density at radius 1 is 1.33 bits per heavy atom. The highest BCUT2D eigenvalue weighted by Crippen LogP contribution is 2.24. The van der Waals surface area contributed by atoms with E-state index in [1.807, 2.05) is 0 Å². The summed E-state index contributed by atoms with van der Waals surface area (Å²) in [5.41, 5.74) is 0. The molecule has 18 heavy (non-hydrogen) atoms. The fourth-order valence-electron chi connectivity index (χ4n) is 3.36. The molecule has 0 aromatic carbocycles. The summed E-state index contributed by atoms with van der Waals surface area (Å²) in [6.45, 7) is 8.82. The van der Waals surface area contributed by atoms with Gasteiger partial charge in [0.1, 0.15) is 0 Å². The molecule has 2 unspecified atom stereocenters. The third kappa shape index (κ3) is 3.98. The molecule has 0 spiro atoms. The highest BCUT2D eigenvalue weighted by Gasteiger charge is 2.27. The van der Waals surface area contributed by atoms with Crippen molar-refractivity contribution in [1.82, 2.24) is 10.2 Å². The van der Waals surface area contributed by atoms with Crippen molar-refractivity contribution in [2.45, 2.75) is 46.0 Å². The number of rotatable bonds is 5. The molecule has 0 saturated carbocycles. The molecule has 2 atom stereocenters. The first-order valence-corrected chi connectivity index (χ1v) is 7.63. The lowest BCUT2D eigenvalue weighted by Crippen LogP contribution is -2.29. The molecule has 1 amide bonds. The molecule has 2 heterocycles. The Balaban J connectivity index is 1.66. The molecule has 0 aromatic rings. The quantitative estimate of drug-likeness (QED) is 0.814. The number of amides is 1. The topological polar surface area (TPSA) is 32.3 Å². The summed E-state index contributed by atoms with van der Waals surface area (Å²) in [6.07, 6.45) is 5.59. The molecule has 2 saturated heterocycles. The van der Waals surface area contributed by atoms with E-state index in [9.17, 15) is 4.79 Å². The number of nitrogens with one attached hydrogen (secondary N) is 1. The van der Waals surface area contributed by atoms with Crippen LogP contribution in [0.4, 0.5) is 0 Å². The fourth-order valence-corrected chi connectivity index (χ4v) is 3.36. The standard InChI is InChI=1S/C15H28N2O/c1-12(2)9-14-6-8-17(11-14)15(18)4-3-13-5-7-16-10-13/h12-14,16H,3-11H2,1-2H3. The molecular formula is C15H28N2O. The van der Waals surface area contributed by atoms with Crippen molar-refractivity contribution in [2.24, 2.45) is 17.8 Å². The van der Waals surface area contributed by atoms with Crippen LogP contribution in [0.25, 0.3) is 0 Å². The highest BCUT2D eigenvalue weighted by molar-refractivity contribution is 5.76.